The highest BCUT2D eigenvalue weighted by atomic mass is 32.2. The number of hydrogen-bond donors (Lipinski definition) is 1. The van der Waals surface area contributed by atoms with Crippen molar-refractivity contribution >= 4 is 45.7 Å². The molecule has 0 radical (unpaired) electrons. The summed E-state index contributed by atoms with van der Waals surface area (Å²) in [5, 5.41) is 1.91. The van der Waals surface area contributed by atoms with E-state index in [0.29, 0.717) is 36.3 Å². The van der Waals surface area contributed by atoms with E-state index < -0.39 is 5.25 Å². The number of carbonyl (C=O) groups is 2. The number of para-hydroxylation sites is 1. The maximum Gasteiger partial charge on any atom is 0.245 e. The lowest BCUT2D eigenvalue weighted by atomic mass is 10.2. The van der Waals surface area contributed by atoms with E-state index in [0.717, 1.165) is 11.8 Å². The highest BCUT2D eigenvalue weighted by molar-refractivity contribution is 8.24. The molecule has 1 heterocycles. The highest BCUT2D eigenvalue weighted by Gasteiger charge is 2.28. The van der Waals surface area contributed by atoms with Crippen molar-refractivity contribution in [2.45, 2.75) is 12.2 Å². The third kappa shape index (κ3) is 4.79. The molecule has 2 rings (SSSR count). The summed E-state index contributed by atoms with van der Waals surface area (Å²) in [6.45, 7) is 4.01. The first-order valence-electron chi connectivity index (χ1n) is 6.97. The Morgan fingerprint density at radius 1 is 1.27 bits per heavy atom. The molecule has 0 aliphatic carbocycles. The lowest BCUT2D eigenvalue weighted by molar-refractivity contribution is -0.123. The lowest BCUT2D eigenvalue weighted by Gasteiger charge is -2.29. The minimum atomic E-state index is -0.837. The lowest BCUT2D eigenvalue weighted by Crippen LogP contribution is -2.41. The molecule has 1 aromatic carbocycles. The summed E-state index contributed by atoms with van der Waals surface area (Å²) < 4.78 is 5.83. The third-order valence-corrected chi connectivity index (χ3v) is 4.93. The normalized spacial score (nSPS) is 16.0. The Balaban J connectivity index is 1.98. The van der Waals surface area contributed by atoms with Gasteiger partial charge in [0.2, 0.25) is 5.91 Å². The Bertz CT molecular complexity index is 545. The van der Waals surface area contributed by atoms with Gasteiger partial charge >= 0.3 is 0 Å². The molecule has 0 spiro atoms. The molecule has 0 aromatic heterocycles. The van der Waals surface area contributed by atoms with E-state index in [-0.39, 0.29) is 11.7 Å². The predicted molar refractivity (Wildman–Crippen MR) is 92.1 cm³/mol. The summed E-state index contributed by atoms with van der Waals surface area (Å²) >= 11 is 6.48. The number of ether oxygens (including phenoxy) is 1. The number of Topliss-reactive ketones (excluding diaryl/α,β-unsaturated/α-hetero) is 1. The molecule has 1 unspecified atom stereocenters. The molecule has 1 atom stereocenters. The average molecular weight is 338 g/mol. The van der Waals surface area contributed by atoms with E-state index in [1.165, 1.54) is 6.92 Å². The molecule has 5 nitrogen and oxygen atoms in total. The molecule has 22 heavy (non-hydrogen) atoms. The number of nitrogens with zero attached hydrogens (tertiary/aromatic N) is 1. The summed E-state index contributed by atoms with van der Waals surface area (Å²) in [7, 11) is 0. The van der Waals surface area contributed by atoms with Gasteiger partial charge in [-0.2, -0.15) is 0 Å². The van der Waals surface area contributed by atoms with Crippen LogP contribution in [0.2, 0.25) is 0 Å². The van der Waals surface area contributed by atoms with Crippen molar-refractivity contribution in [1.82, 2.24) is 4.90 Å². The summed E-state index contributed by atoms with van der Waals surface area (Å²) in [5.74, 6) is -0.562. The van der Waals surface area contributed by atoms with Crippen LogP contribution in [0.5, 0.6) is 0 Å². The molecule has 1 saturated heterocycles. The summed E-state index contributed by atoms with van der Waals surface area (Å²) in [6.07, 6.45) is 0. The van der Waals surface area contributed by atoms with Crippen molar-refractivity contribution < 1.29 is 14.3 Å². The second-order valence-corrected chi connectivity index (χ2v) is 6.57. The average Bonchev–Trinajstić information content (AvgIpc) is 2.53. The summed E-state index contributed by atoms with van der Waals surface area (Å²) in [6, 6.07) is 9.06. The van der Waals surface area contributed by atoms with Gasteiger partial charge in [-0.3, -0.25) is 9.59 Å². The first-order valence-corrected chi connectivity index (χ1v) is 8.26. The van der Waals surface area contributed by atoms with Gasteiger partial charge in [-0.05, 0) is 19.1 Å². The fraction of sp³-hybridized carbons (Fsp3) is 0.400. The van der Waals surface area contributed by atoms with Crippen LogP contribution in [0.3, 0.4) is 0 Å². The number of thiocarbonyl (C=S) groups is 1. The molecule has 1 fully saturated rings. The number of benzene rings is 1. The smallest absolute Gasteiger partial charge is 0.245 e. The number of nitrogens with one attached hydrogen (secondary N) is 1. The first-order chi connectivity index (χ1) is 10.6. The molecule has 1 amide bonds. The van der Waals surface area contributed by atoms with Crippen molar-refractivity contribution in [3.63, 3.8) is 0 Å². The van der Waals surface area contributed by atoms with Gasteiger partial charge in [-0.25, -0.2) is 0 Å². The third-order valence-electron chi connectivity index (χ3n) is 3.14. The topological polar surface area (TPSA) is 58.6 Å². The highest BCUT2D eigenvalue weighted by Crippen LogP contribution is 2.20. The number of hydrogen-bond acceptors (Lipinski definition) is 5. The van der Waals surface area contributed by atoms with Crippen molar-refractivity contribution in [3.8, 4) is 0 Å². The molecule has 1 N–H and O–H groups in total. The van der Waals surface area contributed by atoms with Gasteiger partial charge < -0.3 is 15.0 Å². The van der Waals surface area contributed by atoms with Gasteiger partial charge in [-0.15, -0.1) is 0 Å². The number of rotatable bonds is 4. The van der Waals surface area contributed by atoms with Crippen LogP contribution in [0.25, 0.3) is 0 Å². The van der Waals surface area contributed by atoms with Gasteiger partial charge in [0, 0.05) is 18.8 Å². The van der Waals surface area contributed by atoms with Crippen LogP contribution in [0.4, 0.5) is 5.69 Å². The number of carbonyl (C=O) groups excluding carboxylic acids is 2. The molecule has 7 heteroatoms. The van der Waals surface area contributed by atoms with Gasteiger partial charge in [-0.1, -0.05) is 42.2 Å². The molecule has 1 aliphatic heterocycles. The van der Waals surface area contributed by atoms with Gasteiger partial charge in [0.15, 0.2) is 5.78 Å². The Morgan fingerprint density at radius 3 is 2.50 bits per heavy atom. The fourth-order valence-corrected chi connectivity index (χ4v) is 3.31. The zero-order chi connectivity index (χ0) is 15.9. The van der Waals surface area contributed by atoms with E-state index in [2.05, 4.69) is 5.32 Å². The van der Waals surface area contributed by atoms with Crippen LogP contribution < -0.4 is 5.32 Å². The Morgan fingerprint density at radius 2 is 1.91 bits per heavy atom. The number of morpholine rings is 1. The van der Waals surface area contributed by atoms with Crippen LogP contribution in [0.1, 0.15) is 6.92 Å². The Hall–Kier alpha value is -1.44. The van der Waals surface area contributed by atoms with Crippen LogP contribution >= 0.6 is 24.0 Å². The van der Waals surface area contributed by atoms with E-state index >= 15 is 0 Å². The Labute approximate surface area is 139 Å². The molecule has 1 aromatic rings. The number of ketones is 1. The van der Waals surface area contributed by atoms with Crippen molar-refractivity contribution in [2.24, 2.45) is 0 Å². The monoisotopic (exact) mass is 338 g/mol. The number of anilines is 1. The quantitative estimate of drug-likeness (QED) is 0.669. The zero-order valence-corrected chi connectivity index (χ0v) is 13.9. The van der Waals surface area contributed by atoms with Crippen LogP contribution in [-0.4, -0.2) is 52.5 Å². The minimum Gasteiger partial charge on any atom is -0.378 e. The van der Waals surface area contributed by atoms with E-state index in [1.807, 2.05) is 23.1 Å². The van der Waals surface area contributed by atoms with Gasteiger partial charge in [0.1, 0.15) is 9.57 Å². The van der Waals surface area contributed by atoms with Crippen molar-refractivity contribution in [3.05, 3.63) is 30.3 Å². The van der Waals surface area contributed by atoms with E-state index in [9.17, 15) is 9.59 Å². The molecule has 0 saturated carbocycles. The largest absolute Gasteiger partial charge is 0.378 e. The molecular weight excluding hydrogens is 320 g/mol. The van der Waals surface area contributed by atoms with Gasteiger partial charge in [0.25, 0.3) is 0 Å². The molecule has 118 valence electrons. The van der Waals surface area contributed by atoms with Crippen molar-refractivity contribution in [1.29, 1.82) is 0 Å². The second-order valence-electron chi connectivity index (χ2n) is 4.83. The molecule has 1 aliphatic rings. The van der Waals surface area contributed by atoms with Crippen LogP contribution in [0.15, 0.2) is 30.3 Å². The van der Waals surface area contributed by atoms with Crippen LogP contribution in [-0.2, 0) is 14.3 Å². The second kappa shape index (κ2) is 8.26. The SMILES string of the molecule is CC(=O)C(SC(=S)N1CCOCC1)C(=O)Nc1ccccc1. The summed E-state index contributed by atoms with van der Waals surface area (Å²) in [5.41, 5.74) is 0.664. The maximum atomic E-state index is 12.3. The Kier molecular flexibility index (Phi) is 6.35. The number of amides is 1. The number of thioether (sulfide) groups is 1. The van der Waals surface area contributed by atoms with E-state index in [1.54, 1.807) is 12.1 Å². The maximum absolute atomic E-state index is 12.3. The molecule has 0 bridgehead atoms. The fourth-order valence-electron chi connectivity index (χ4n) is 1.97. The minimum absolute atomic E-state index is 0.214. The first kappa shape index (κ1) is 16.9. The standard InChI is InChI=1S/C15H18N2O3S2/c1-11(18)13(14(19)16-12-5-3-2-4-6-12)22-15(21)17-7-9-20-10-8-17/h2-6,13H,7-10H2,1H3,(H,16,19). The van der Waals surface area contributed by atoms with E-state index in [4.69, 9.17) is 17.0 Å². The van der Waals surface area contributed by atoms with Gasteiger partial charge in [0.05, 0.1) is 13.2 Å². The summed E-state index contributed by atoms with van der Waals surface area (Å²) in [4.78, 5) is 26.1. The predicted octanol–water partition coefficient (Wildman–Crippen LogP) is 1.93. The molecular formula is C15H18N2O3S2. The zero-order valence-electron chi connectivity index (χ0n) is 12.3. The van der Waals surface area contributed by atoms with Crippen molar-refractivity contribution in [2.75, 3.05) is 31.6 Å². The van der Waals surface area contributed by atoms with Crippen LogP contribution in [0, 0.1) is 0 Å².